The zero-order valence-corrected chi connectivity index (χ0v) is 13.0. The summed E-state index contributed by atoms with van der Waals surface area (Å²) in [6.07, 6.45) is 2.82. The highest BCUT2D eigenvalue weighted by Gasteiger charge is 2.14. The number of nitrogens with one attached hydrogen (secondary N) is 1. The lowest BCUT2D eigenvalue weighted by atomic mass is 10.0. The Labute approximate surface area is 139 Å². The van der Waals surface area contributed by atoms with Crippen LogP contribution in [0.1, 0.15) is 24.4 Å². The maximum atomic E-state index is 13.9. The Bertz CT molecular complexity index is 824. The molecule has 0 aliphatic rings. The molecule has 2 aromatic carbocycles. The quantitative estimate of drug-likeness (QED) is 0.703. The van der Waals surface area contributed by atoms with Gasteiger partial charge in [0.25, 0.3) is 0 Å². The first-order valence-electron chi connectivity index (χ1n) is 7.85. The predicted octanol–water partition coefficient (Wildman–Crippen LogP) is 4.44. The van der Waals surface area contributed by atoms with Crippen molar-refractivity contribution in [3.8, 4) is 0 Å². The van der Waals surface area contributed by atoms with Gasteiger partial charge in [-0.2, -0.15) is 0 Å². The van der Waals surface area contributed by atoms with Gasteiger partial charge in [0.05, 0.1) is 6.04 Å². The van der Waals surface area contributed by atoms with Gasteiger partial charge in [-0.15, -0.1) is 0 Å². The van der Waals surface area contributed by atoms with Gasteiger partial charge >= 0.3 is 0 Å². The lowest BCUT2D eigenvalue weighted by molar-refractivity contribution is 0.281. The van der Waals surface area contributed by atoms with Crippen molar-refractivity contribution in [2.45, 2.75) is 18.9 Å². The predicted molar refractivity (Wildman–Crippen MR) is 90.8 cm³/mol. The van der Waals surface area contributed by atoms with E-state index >= 15 is 0 Å². The lowest BCUT2D eigenvalue weighted by Crippen LogP contribution is -2.12. The normalized spacial score (nSPS) is 12.3. The van der Waals surface area contributed by atoms with Crippen molar-refractivity contribution in [1.82, 2.24) is 4.98 Å². The Morgan fingerprint density at radius 3 is 2.62 bits per heavy atom. The standard InChI is InChI=1S/C19H18F2N2O/c20-14-11-15-18(8-9-22-19(15)16(21)12-14)23-17(7-4-10-24)13-5-2-1-3-6-13/h1-3,5-6,8-9,11-12,17,24H,4,7,10H2,(H,22,23). The Hall–Kier alpha value is -2.53. The van der Waals surface area contributed by atoms with E-state index in [1.165, 1.54) is 12.3 Å². The second-order valence-electron chi connectivity index (χ2n) is 5.62. The summed E-state index contributed by atoms with van der Waals surface area (Å²) in [7, 11) is 0. The van der Waals surface area contributed by atoms with Gasteiger partial charge in [-0.25, -0.2) is 8.78 Å². The second kappa shape index (κ2) is 7.36. The Morgan fingerprint density at radius 1 is 1.08 bits per heavy atom. The van der Waals surface area contributed by atoms with Gasteiger partial charge in [-0.3, -0.25) is 4.98 Å². The molecule has 3 nitrogen and oxygen atoms in total. The molecule has 1 aromatic heterocycles. The smallest absolute Gasteiger partial charge is 0.152 e. The average molecular weight is 328 g/mol. The molecule has 1 heterocycles. The first-order valence-corrected chi connectivity index (χ1v) is 7.85. The molecule has 2 N–H and O–H groups in total. The number of anilines is 1. The van der Waals surface area contributed by atoms with E-state index in [1.807, 2.05) is 30.3 Å². The fourth-order valence-electron chi connectivity index (χ4n) is 2.80. The molecular weight excluding hydrogens is 310 g/mol. The van der Waals surface area contributed by atoms with Gasteiger partial charge in [-0.1, -0.05) is 30.3 Å². The monoisotopic (exact) mass is 328 g/mol. The lowest BCUT2D eigenvalue weighted by Gasteiger charge is -2.21. The maximum absolute atomic E-state index is 13.9. The van der Waals surface area contributed by atoms with Crippen molar-refractivity contribution >= 4 is 16.6 Å². The first-order chi connectivity index (χ1) is 11.7. The molecule has 1 unspecified atom stereocenters. The minimum atomic E-state index is -0.680. The summed E-state index contributed by atoms with van der Waals surface area (Å²) in [5.41, 5.74) is 1.80. The number of halogens is 2. The molecular formula is C19H18F2N2O. The van der Waals surface area contributed by atoms with Crippen molar-refractivity contribution < 1.29 is 13.9 Å². The highest BCUT2D eigenvalue weighted by molar-refractivity contribution is 5.91. The van der Waals surface area contributed by atoms with Gasteiger partial charge in [0.2, 0.25) is 0 Å². The molecule has 1 atom stereocenters. The van der Waals surface area contributed by atoms with Crippen LogP contribution >= 0.6 is 0 Å². The zero-order chi connectivity index (χ0) is 16.9. The topological polar surface area (TPSA) is 45.1 Å². The van der Waals surface area contributed by atoms with E-state index in [0.717, 1.165) is 11.6 Å². The number of benzene rings is 2. The highest BCUT2D eigenvalue weighted by atomic mass is 19.1. The molecule has 124 valence electrons. The van der Waals surface area contributed by atoms with Crippen LogP contribution < -0.4 is 5.32 Å². The van der Waals surface area contributed by atoms with E-state index in [-0.39, 0.29) is 18.2 Å². The van der Waals surface area contributed by atoms with Crippen LogP contribution in [0, 0.1) is 11.6 Å². The summed E-state index contributed by atoms with van der Waals surface area (Å²) in [4.78, 5) is 4.00. The van der Waals surface area contributed by atoms with Crippen LogP contribution in [0.25, 0.3) is 10.9 Å². The number of aliphatic hydroxyl groups excluding tert-OH is 1. The first kappa shape index (κ1) is 16.3. The maximum Gasteiger partial charge on any atom is 0.152 e. The molecule has 3 rings (SSSR count). The van der Waals surface area contributed by atoms with Crippen molar-refractivity contribution in [3.63, 3.8) is 0 Å². The number of aliphatic hydroxyl groups is 1. The SMILES string of the molecule is OCCCC(Nc1ccnc2c(F)cc(F)cc12)c1ccccc1. The number of hydrogen-bond donors (Lipinski definition) is 2. The van der Waals surface area contributed by atoms with Crippen molar-refractivity contribution in [3.05, 3.63) is 71.9 Å². The Balaban J connectivity index is 1.99. The van der Waals surface area contributed by atoms with Crippen molar-refractivity contribution in [2.75, 3.05) is 11.9 Å². The average Bonchev–Trinajstić information content (AvgIpc) is 2.59. The molecule has 0 bridgehead atoms. The number of rotatable bonds is 6. The molecule has 0 fully saturated rings. The fourth-order valence-corrected chi connectivity index (χ4v) is 2.80. The Kier molecular flexibility index (Phi) is 5.01. The van der Waals surface area contributed by atoms with Gasteiger partial charge in [-0.05, 0) is 30.5 Å². The Morgan fingerprint density at radius 2 is 1.88 bits per heavy atom. The second-order valence-corrected chi connectivity index (χ2v) is 5.62. The third-order valence-electron chi connectivity index (χ3n) is 3.95. The number of aromatic nitrogens is 1. The van der Waals surface area contributed by atoms with E-state index in [4.69, 9.17) is 5.11 Å². The van der Waals surface area contributed by atoms with Gasteiger partial charge < -0.3 is 10.4 Å². The number of nitrogens with zero attached hydrogens (tertiary/aromatic N) is 1. The fraction of sp³-hybridized carbons (Fsp3) is 0.211. The van der Waals surface area contributed by atoms with E-state index in [0.29, 0.717) is 23.9 Å². The third-order valence-corrected chi connectivity index (χ3v) is 3.95. The van der Waals surface area contributed by atoms with E-state index in [1.54, 1.807) is 6.07 Å². The van der Waals surface area contributed by atoms with E-state index < -0.39 is 11.6 Å². The van der Waals surface area contributed by atoms with Gasteiger partial charge in [0.1, 0.15) is 11.3 Å². The zero-order valence-electron chi connectivity index (χ0n) is 13.0. The van der Waals surface area contributed by atoms with Gasteiger partial charge in [0, 0.05) is 29.9 Å². The molecule has 24 heavy (non-hydrogen) atoms. The summed E-state index contributed by atoms with van der Waals surface area (Å²) < 4.78 is 27.5. The molecule has 5 heteroatoms. The van der Waals surface area contributed by atoms with E-state index in [2.05, 4.69) is 10.3 Å². The summed E-state index contributed by atoms with van der Waals surface area (Å²) in [5, 5.41) is 12.9. The molecule has 0 amide bonds. The van der Waals surface area contributed by atoms with Crippen molar-refractivity contribution in [2.24, 2.45) is 0 Å². The number of hydrogen-bond acceptors (Lipinski definition) is 3. The van der Waals surface area contributed by atoms with Crippen LogP contribution in [0.2, 0.25) is 0 Å². The van der Waals surface area contributed by atoms with E-state index in [9.17, 15) is 8.78 Å². The van der Waals surface area contributed by atoms with Crippen LogP contribution in [0.4, 0.5) is 14.5 Å². The van der Waals surface area contributed by atoms with Crippen LogP contribution in [0.3, 0.4) is 0 Å². The highest BCUT2D eigenvalue weighted by Crippen LogP contribution is 2.30. The van der Waals surface area contributed by atoms with Crippen LogP contribution in [0.5, 0.6) is 0 Å². The third kappa shape index (κ3) is 3.51. The van der Waals surface area contributed by atoms with Gasteiger partial charge in [0.15, 0.2) is 5.82 Å². The number of pyridine rings is 1. The molecule has 0 radical (unpaired) electrons. The largest absolute Gasteiger partial charge is 0.396 e. The number of fused-ring (bicyclic) bond motifs is 1. The van der Waals surface area contributed by atoms with Crippen LogP contribution in [0.15, 0.2) is 54.7 Å². The molecule has 0 aliphatic carbocycles. The summed E-state index contributed by atoms with van der Waals surface area (Å²) in [6.45, 7) is 0.0887. The summed E-state index contributed by atoms with van der Waals surface area (Å²) in [6, 6.07) is 13.5. The molecule has 0 saturated heterocycles. The van der Waals surface area contributed by atoms with Crippen molar-refractivity contribution in [1.29, 1.82) is 0 Å². The molecule has 0 aliphatic heterocycles. The summed E-state index contributed by atoms with van der Waals surface area (Å²) in [5.74, 6) is -1.32. The van der Waals surface area contributed by atoms with Crippen LogP contribution in [-0.4, -0.2) is 16.7 Å². The summed E-state index contributed by atoms with van der Waals surface area (Å²) >= 11 is 0. The van der Waals surface area contributed by atoms with Crippen LogP contribution in [-0.2, 0) is 0 Å². The minimum absolute atomic E-state index is 0.0738. The molecule has 0 spiro atoms. The minimum Gasteiger partial charge on any atom is -0.396 e. The molecule has 3 aromatic rings. The molecule has 0 saturated carbocycles.